The topological polar surface area (TPSA) is 37.8 Å². The van der Waals surface area contributed by atoms with Crippen LogP contribution in [0.15, 0.2) is 5.38 Å². The number of aryl methyl sites for hydroxylation is 1. The van der Waals surface area contributed by atoms with E-state index in [0.29, 0.717) is 11.8 Å². The quantitative estimate of drug-likeness (QED) is 0.814. The normalized spacial score (nSPS) is 11.6. The molecule has 2 aromatic rings. The summed E-state index contributed by atoms with van der Waals surface area (Å²) in [5, 5.41) is 7.75. The molecule has 0 aliphatic carbocycles. The molecule has 0 bridgehead atoms. The van der Waals surface area contributed by atoms with Crippen LogP contribution in [0.25, 0.3) is 10.6 Å². The van der Waals surface area contributed by atoms with Gasteiger partial charge in [-0.15, -0.1) is 22.7 Å². The van der Waals surface area contributed by atoms with Crippen LogP contribution in [-0.2, 0) is 6.42 Å². The fourth-order valence-corrected chi connectivity index (χ4v) is 3.76. The van der Waals surface area contributed by atoms with E-state index >= 15 is 0 Å². The van der Waals surface area contributed by atoms with E-state index in [4.69, 9.17) is 9.97 Å². The Labute approximate surface area is 129 Å². The fraction of sp³-hybridized carbons (Fsp3) is 0.600. The lowest BCUT2D eigenvalue weighted by Crippen LogP contribution is -2.07. The number of anilines is 1. The molecule has 1 N–H and O–H groups in total. The van der Waals surface area contributed by atoms with Crippen molar-refractivity contribution in [3.63, 3.8) is 0 Å². The minimum atomic E-state index is 0.440. The van der Waals surface area contributed by atoms with Gasteiger partial charge in [0.15, 0.2) is 5.13 Å². The SMILES string of the molecule is CCc1nc(C(C)C)c(-c2csc(NCC(C)C)n2)s1. The van der Waals surface area contributed by atoms with Crippen LogP contribution in [0.5, 0.6) is 0 Å². The Morgan fingerprint density at radius 2 is 1.95 bits per heavy atom. The van der Waals surface area contributed by atoms with Gasteiger partial charge >= 0.3 is 0 Å². The van der Waals surface area contributed by atoms with Gasteiger partial charge in [-0.3, -0.25) is 0 Å². The number of rotatable bonds is 6. The molecule has 0 aliphatic heterocycles. The summed E-state index contributed by atoms with van der Waals surface area (Å²) in [5.74, 6) is 1.07. The van der Waals surface area contributed by atoms with Gasteiger partial charge in [-0.05, 0) is 18.3 Å². The largest absolute Gasteiger partial charge is 0.361 e. The van der Waals surface area contributed by atoms with Crippen molar-refractivity contribution in [3.05, 3.63) is 16.1 Å². The number of hydrogen-bond acceptors (Lipinski definition) is 5. The van der Waals surface area contributed by atoms with Crippen LogP contribution in [0, 0.1) is 5.92 Å². The van der Waals surface area contributed by atoms with E-state index in [0.717, 1.165) is 23.8 Å². The second kappa shape index (κ2) is 6.68. The third-order valence-electron chi connectivity index (χ3n) is 2.95. The molecule has 2 rings (SSSR count). The van der Waals surface area contributed by atoms with Crippen LogP contribution in [0.2, 0.25) is 0 Å². The van der Waals surface area contributed by atoms with Gasteiger partial charge < -0.3 is 5.32 Å². The first kappa shape index (κ1) is 15.4. The second-order valence-corrected chi connectivity index (χ2v) is 7.58. The molecule has 0 fully saturated rings. The number of hydrogen-bond donors (Lipinski definition) is 1. The van der Waals surface area contributed by atoms with E-state index in [9.17, 15) is 0 Å². The van der Waals surface area contributed by atoms with Crippen LogP contribution in [0.1, 0.15) is 51.2 Å². The molecule has 0 spiro atoms. The van der Waals surface area contributed by atoms with Gasteiger partial charge in [-0.2, -0.15) is 0 Å². The molecule has 2 aromatic heterocycles. The zero-order valence-corrected chi connectivity index (χ0v) is 14.5. The maximum atomic E-state index is 4.75. The monoisotopic (exact) mass is 309 g/mol. The fourth-order valence-electron chi connectivity index (χ4n) is 1.85. The molecule has 5 heteroatoms. The standard InChI is InChI=1S/C15H23N3S2/c1-6-12-18-13(10(4)5)14(20-12)11-8-19-15(17-11)16-7-9(2)3/h8-10H,6-7H2,1-5H3,(H,16,17). The minimum absolute atomic E-state index is 0.440. The zero-order chi connectivity index (χ0) is 14.7. The number of nitrogens with one attached hydrogen (secondary N) is 1. The Morgan fingerprint density at radius 3 is 2.55 bits per heavy atom. The lowest BCUT2D eigenvalue weighted by molar-refractivity contribution is 0.688. The van der Waals surface area contributed by atoms with E-state index < -0.39 is 0 Å². The molecule has 0 atom stereocenters. The molecule has 20 heavy (non-hydrogen) atoms. The molecule has 0 amide bonds. The van der Waals surface area contributed by atoms with E-state index in [2.05, 4.69) is 45.3 Å². The number of aromatic nitrogens is 2. The van der Waals surface area contributed by atoms with Crippen LogP contribution < -0.4 is 5.32 Å². The molecule has 0 saturated carbocycles. The van der Waals surface area contributed by atoms with Crippen molar-refractivity contribution in [2.75, 3.05) is 11.9 Å². The van der Waals surface area contributed by atoms with Crippen molar-refractivity contribution < 1.29 is 0 Å². The Morgan fingerprint density at radius 1 is 1.20 bits per heavy atom. The summed E-state index contributed by atoms with van der Waals surface area (Å²) < 4.78 is 0. The highest BCUT2D eigenvalue weighted by atomic mass is 32.1. The van der Waals surface area contributed by atoms with Gasteiger partial charge in [0.25, 0.3) is 0 Å². The first-order chi connectivity index (χ1) is 9.51. The predicted octanol–water partition coefficient (Wildman–Crippen LogP) is 5.02. The smallest absolute Gasteiger partial charge is 0.183 e. The van der Waals surface area contributed by atoms with Crippen molar-refractivity contribution in [1.29, 1.82) is 0 Å². The van der Waals surface area contributed by atoms with Crippen LogP contribution >= 0.6 is 22.7 Å². The van der Waals surface area contributed by atoms with E-state index in [1.54, 1.807) is 22.7 Å². The predicted molar refractivity (Wildman–Crippen MR) is 90.0 cm³/mol. The zero-order valence-electron chi connectivity index (χ0n) is 12.9. The Kier molecular flexibility index (Phi) is 5.16. The molecular formula is C15H23N3S2. The third kappa shape index (κ3) is 3.58. The number of thiazole rings is 2. The molecule has 2 heterocycles. The highest BCUT2D eigenvalue weighted by Gasteiger charge is 2.17. The minimum Gasteiger partial charge on any atom is -0.361 e. The van der Waals surface area contributed by atoms with Crippen molar-refractivity contribution >= 4 is 27.8 Å². The summed E-state index contributed by atoms with van der Waals surface area (Å²) in [7, 11) is 0. The van der Waals surface area contributed by atoms with Crippen molar-refractivity contribution in [2.45, 2.75) is 47.0 Å². The number of nitrogens with zero attached hydrogens (tertiary/aromatic N) is 2. The van der Waals surface area contributed by atoms with Crippen LogP contribution in [-0.4, -0.2) is 16.5 Å². The third-order valence-corrected chi connectivity index (χ3v) is 4.98. The Bertz CT molecular complexity index is 555. The maximum Gasteiger partial charge on any atom is 0.183 e. The average Bonchev–Trinajstić information content (AvgIpc) is 3.02. The molecular weight excluding hydrogens is 286 g/mol. The maximum absolute atomic E-state index is 4.75. The lowest BCUT2D eigenvalue weighted by Gasteiger charge is -2.05. The molecule has 110 valence electrons. The summed E-state index contributed by atoms with van der Waals surface area (Å²) in [6, 6.07) is 0. The van der Waals surface area contributed by atoms with Gasteiger partial charge in [-0.1, -0.05) is 34.6 Å². The van der Waals surface area contributed by atoms with E-state index in [1.165, 1.54) is 15.6 Å². The molecule has 3 nitrogen and oxygen atoms in total. The van der Waals surface area contributed by atoms with Crippen LogP contribution in [0.3, 0.4) is 0 Å². The summed E-state index contributed by atoms with van der Waals surface area (Å²) in [6.07, 6.45) is 0.993. The highest BCUT2D eigenvalue weighted by molar-refractivity contribution is 7.16. The van der Waals surface area contributed by atoms with Crippen molar-refractivity contribution in [2.24, 2.45) is 5.92 Å². The molecule has 0 unspecified atom stereocenters. The first-order valence-corrected chi connectivity index (χ1v) is 8.90. The summed E-state index contributed by atoms with van der Waals surface area (Å²) in [4.78, 5) is 10.7. The van der Waals surface area contributed by atoms with Crippen molar-refractivity contribution in [1.82, 2.24) is 9.97 Å². The second-order valence-electron chi connectivity index (χ2n) is 5.64. The summed E-state index contributed by atoms with van der Waals surface area (Å²) >= 11 is 3.46. The van der Waals surface area contributed by atoms with E-state index in [-0.39, 0.29) is 0 Å². The van der Waals surface area contributed by atoms with Crippen molar-refractivity contribution in [3.8, 4) is 10.6 Å². The van der Waals surface area contributed by atoms with Gasteiger partial charge in [0, 0.05) is 11.9 Å². The summed E-state index contributed by atoms with van der Waals surface area (Å²) in [6.45, 7) is 11.9. The van der Waals surface area contributed by atoms with Crippen LogP contribution in [0.4, 0.5) is 5.13 Å². The first-order valence-electron chi connectivity index (χ1n) is 7.20. The molecule has 0 radical (unpaired) electrons. The Hall–Kier alpha value is -0.940. The van der Waals surface area contributed by atoms with Gasteiger partial charge in [0.1, 0.15) is 0 Å². The molecule has 0 aliphatic rings. The summed E-state index contributed by atoms with van der Waals surface area (Å²) in [5.41, 5.74) is 2.26. The molecule has 0 saturated heterocycles. The average molecular weight is 310 g/mol. The highest BCUT2D eigenvalue weighted by Crippen LogP contribution is 2.36. The molecule has 0 aromatic carbocycles. The van der Waals surface area contributed by atoms with Gasteiger partial charge in [0.2, 0.25) is 0 Å². The lowest BCUT2D eigenvalue weighted by atomic mass is 10.1. The Balaban J connectivity index is 2.25. The van der Waals surface area contributed by atoms with Gasteiger partial charge in [0.05, 0.1) is 21.3 Å². The van der Waals surface area contributed by atoms with Gasteiger partial charge in [-0.25, -0.2) is 9.97 Å². The van der Waals surface area contributed by atoms with E-state index in [1.807, 2.05) is 0 Å².